The first kappa shape index (κ1) is 12.3. The Balaban J connectivity index is 1.69. The summed E-state index contributed by atoms with van der Waals surface area (Å²) in [5, 5.41) is 9.18. The second-order valence-electron chi connectivity index (χ2n) is 5.95. The average Bonchev–Trinajstić information content (AvgIpc) is 3.05. The van der Waals surface area contributed by atoms with Crippen LogP contribution in [0.3, 0.4) is 0 Å². The number of para-hydroxylation sites is 1. The Morgan fingerprint density at radius 3 is 2.90 bits per heavy atom. The van der Waals surface area contributed by atoms with Gasteiger partial charge in [-0.3, -0.25) is 4.79 Å². The van der Waals surface area contributed by atoms with E-state index in [-0.39, 0.29) is 11.0 Å². The number of nitrogens with zero attached hydrogens (tertiary/aromatic N) is 2. The number of aromatic nitrogens is 3. The highest BCUT2D eigenvalue weighted by atomic mass is 16.4. The molecule has 1 fully saturated rings. The lowest BCUT2D eigenvalue weighted by Crippen LogP contribution is -2.12. The molecule has 0 saturated heterocycles. The van der Waals surface area contributed by atoms with Gasteiger partial charge >= 0.3 is 0 Å². The van der Waals surface area contributed by atoms with E-state index in [1.54, 1.807) is 0 Å². The molecule has 0 unspecified atom stereocenters. The molecular weight excluding hydrogens is 266 g/mol. The highest BCUT2D eigenvalue weighted by molar-refractivity contribution is 5.78. The topological polar surface area (TPSA) is 71.8 Å². The zero-order valence-electron chi connectivity index (χ0n) is 11.7. The normalized spacial score (nSPS) is 16.2. The summed E-state index contributed by atoms with van der Waals surface area (Å²) in [6.07, 6.45) is 2.54. The third kappa shape index (κ3) is 2.14. The van der Waals surface area contributed by atoms with E-state index in [4.69, 9.17) is 4.42 Å². The van der Waals surface area contributed by atoms with Crippen LogP contribution in [-0.2, 0) is 11.8 Å². The number of nitrogens with one attached hydrogen (secondary N) is 1. The molecule has 1 aromatic carbocycles. The Hall–Kier alpha value is -2.43. The molecule has 1 N–H and O–H groups in total. The summed E-state index contributed by atoms with van der Waals surface area (Å²) < 4.78 is 5.71. The number of pyridine rings is 1. The van der Waals surface area contributed by atoms with Crippen LogP contribution in [0.1, 0.15) is 37.1 Å². The number of rotatable bonds is 3. The summed E-state index contributed by atoms with van der Waals surface area (Å²) in [6, 6.07) is 9.59. The van der Waals surface area contributed by atoms with Gasteiger partial charge in [0.2, 0.25) is 11.8 Å². The van der Waals surface area contributed by atoms with Crippen LogP contribution in [-0.4, -0.2) is 15.2 Å². The van der Waals surface area contributed by atoms with Gasteiger partial charge in [-0.15, -0.1) is 10.2 Å². The molecule has 0 amide bonds. The molecule has 1 aliphatic rings. The summed E-state index contributed by atoms with van der Waals surface area (Å²) in [5.41, 5.74) is 1.43. The SMILES string of the molecule is CC1(c2nnc(Cc3cc4ccccc4[nH]c3=O)o2)CC1. The fraction of sp³-hybridized carbons (Fsp3) is 0.312. The molecule has 0 bridgehead atoms. The monoisotopic (exact) mass is 281 g/mol. The molecule has 0 aliphatic heterocycles. The summed E-state index contributed by atoms with van der Waals surface area (Å²) in [5.74, 6) is 1.19. The summed E-state index contributed by atoms with van der Waals surface area (Å²) in [7, 11) is 0. The van der Waals surface area contributed by atoms with Crippen molar-refractivity contribution in [2.75, 3.05) is 0 Å². The first-order valence-electron chi connectivity index (χ1n) is 7.08. The van der Waals surface area contributed by atoms with Gasteiger partial charge in [-0.1, -0.05) is 25.1 Å². The third-order valence-corrected chi connectivity index (χ3v) is 4.16. The molecule has 106 valence electrons. The minimum atomic E-state index is -0.105. The third-order valence-electron chi connectivity index (χ3n) is 4.16. The van der Waals surface area contributed by atoms with Gasteiger partial charge < -0.3 is 9.40 Å². The molecule has 0 radical (unpaired) electrons. The molecule has 5 heteroatoms. The highest BCUT2D eigenvalue weighted by Gasteiger charge is 2.44. The lowest BCUT2D eigenvalue weighted by Gasteiger charge is -2.01. The van der Waals surface area contributed by atoms with Crippen molar-refractivity contribution in [1.82, 2.24) is 15.2 Å². The Morgan fingerprint density at radius 2 is 2.10 bits per heavy atom. The van der Waals surface area contributed by atoms with Crippen LogP contribution >= 0.6 is 0 Å². The van der Waals surface area contributed by atoms with Crippen molar-refractivity contribution in [2.45, 2.75) is 31.6 Å². The van der Waals surface area contributed by atoms with E-state index in [9.17, 15) is 4.79 Å². The summed E-state index contributed by atoms with van der Waals surface area (Å²) in [6.45, 7) is 2.12. The highest BCUT2D eigenvalue weighted by Crippen LogP contribution is 2.46. The van der Waals surface area contributed by atoms with E-state index in [0.717, 1.165) is 23.7 Å². The van der Waals surface area contributed by atoms with E-state index in [1.165, 1.54) is 0 Å². The molecule has 21 heavy (non-hydrogen) atoms. The molecule has 4 rings (SSSR count). The van der Waals surface area contributed by atoms with Crippen LogP contribution < -0.4 is 5.56 Å². The van der Waals surface area contributed by atoms with Crippen molar-refractivity contribution >= 4 is 10.9 Å². The molecule has 1 saturated carbocycles. The molecule has 3 aromatic rings. The quantitative estimate of drug-likeness (QED) is 0.800. The molecule has 1 aliphatic carbocycles. The maximum absolute atomic E-state index is 12.1. The van der Waals surface area contributed by atoms with Crippen LogP contribution in [0.15, 0.2) is 39.5 Å². The summed E-state index contributed by atoms with van der Waals surface area (Å²) >= 11 is 0. The Kier molecular flexibility index (Phi) is 2.51. The Morgan fingerprint density at radius 1 is 1.29 bits per heavy atom. The minimum absolute atomic E-state index is 0.0566. The maximum Gasteiger partial charge on any atom is 0.252 e. The van der Waals surface area contributed by atoms with E-state index in [1.807, 2.05) is 30.3 Å². The molecule has 0 atom stereocenters. The van der Waals surface area contributed by atoms with E-state index >= 15 is 0 Å². The standard InChI is InChI=1S/C16H15N3O2/c1-16(6-7-16)15-19-18-13(21-15)9-11-8-10-4-2-3-5-12(10)17-14(11)20/h2-5,8H,6-7,9H2,1H3,(H,17,20). The van der Waals surface area contributed by atoms with Crippen LogP contribution in [0, 0.1) is 0 Å². The average molecular weight is 281 g/mol. The van der Waals surface area contributed by atoms with Gasteiger partial charge in [-0.05, 0) is 30.4 Å². The van der Waals surface area contributed by atoms with Gasteiger partial charge in [0.1, 0.15) is 0 Å². The first-order valence-corrected chi connectivity index (χ1v) is 7.08. The lowest BCUT2D eigenvalue weighted by atomic mass is 10.1. The Bertz CT molecular complexity index is 874. The van der Waals surface area contributed by atoms with Gasteiger partial charge in [0.05, 0.1) is 6.42 Å². The fourth-order valence-corrected chi connectivity index (χ4v) is 2.46. The van der Waals surface area contributed by atoms with Crippen LogP contribution in [0.5, 0.6) is 0 Å². The van der Waals surface area contributed by atoms with Gasteiger partial charge in [0.15, 0.2) is 0 Å². The maximum atomic E-state index is 12.1. The van der Waals surface area contributed by atoms with Gasteiger partial charge in [-0.2, -0.15) is 0 Å². The van der Waals surface area contributed by atoms with Crippen molar-refractivity contribution in [3.63, 3.8) is 0 Å². The van der Waals surface area contributed by atoms with Crippen molar-refractivity contribution in [3.05, 3.63) is 58.0 Å². The van der Waals surface area contributed by atoms with E-state index in [2.05, 4.69) is 22.1 Å². The largest absolute Gasteiger partial charge is 0.424 e. The smallest absolute Gasteiger partial charge is 0.252 e. The van der Waals surface area contributed by atoms with Gasteiger partial charge in [-0.25, -0.2) is 0 Å². The first-order chi connectivity index (χ1) is 10.1. The van der Waals surface area contributed by atoms with Crippen LogP contribution in [0.4, 0.5) is 0 Å². The lowest BCUT2D eigenvalue weighted by molar-refractivity contribution is 0.422. The Labute approximate surface area is 121 Å². The van der Waals surface area contributed by atoms with E-state index in [0.29, 0.717) is 23.8 Å². The molecule has 5 nitrogen and oxygen atoms in total. The molecular formula is C16H15N3O2. The predicted molar refractivity (Wildman–Crippen MR) is 78.3 cm³/mol. The molecule has 2 aromatic heterocycles. The van der Waals surface area contributed by atoms with Gasteiger partial charge in [0, 0.05) is 16.5 Å². The number of H-pyrrole nitrogens is 1. The van der Waals surface area contributed by atoms with Crippen molar-refractivity contribution in [1.29, 1.82) is 0 Å². The zero-order chi connectivity index (χ0) is 14.4. The van der Waals surface area contributed by atoms with Crippen molar-refractivity contribution in [2.24, 2.45) is 0 Å². The zero-order valence-corrected chi connectivity index (χ0v) is 11.7. The number of hydrogen-bond acceptors (Lipinski definition) is 4. The number of fused-ring (bicyclic) bond motifs is 1. The number of hydrogen-bond donors (Lipinski definition) is 1. The molecule has 0 spiro atoms. The predicted octanol–water partition coefficient (Wildman–Crippen LogP) is 2.55. The van der Waals surface area contributed by atoms with Crippen LogP contribution in [0.2, 0.25) is 0 Å². The van der Waals surface area contributed by atoms with Crippen molar-refractivity contribution in [3.8, 4) is 0 Å². The minimum Gasteiger partial charge on any atom is -0.424 e. The van der Waals surface area contributed by atoms with E-state index < -0.39 is 0 Å². The summed E-state index contributed by atoms with van der Waals surface area (Å²) in [4.78, 5) is 15.0. The second-order valence-corrected chi connectivity index (χ2v) is 5.95. The van der Waals surface area contributed by atoms with Crippen molar-refractivity contribution < 1.29 is 4.42 Å². The number of aromatic amines is 1. The number of benzene rings is 1. The second kappa shape index (κ2) is 4.28. The fourth-order valence-electron chi connectivity index (χ4n) is 2.46. The van der Waals surface area contributed by atoms with Gasteiger partial charge in [0.25, 0.3) is 5.56 Å². The molecule has 2 heterocycles. The van der Waals surface area contributed by atoms with Crippen LogP contribution in [0.25, 0.3) is 10.9 Å².